The quantitative estimate of drug-likeness (QED) is 0.910. The fraction of sp³-hybridized carbons (Fsp3) is 0.611. The molecule has 3 rings (SSSR count). The number of hydrogen-bond donors (Lipinski definition) is 1. The summed E-state index contributed by atoms with van der Waals surface area (Å²) in [6, 6.07) is 5.29. The Morgan fingerprint density at radius 2 is 2.26 bits per heavy atom. The highest BCUT2D eigenvalue weighted by Gasteiger charge is 2.44. The van der Waals surface area contributed by atoms with E-state index >= 15 is 0 Å². The summed E-state index contributed by atoms with van der Waals surface area (Å²) in [6.07, 6.45) is 7.38. The van der Waals surface area contributed by atoms with Crippen LogP contribution < -0.4 is 0 Å². The molecule has 23 heavy (non-hydrogen) atoms. The summed E-state index contributed by atoms with van der Waals surface area (Å²) in [4.78, 5) is 18.7. The minimum Gasteiger partial charge on any atom is -0.390 e. The third-order valence-corrected chi connectivity index (χ3v) is 5.39. The van der Waals surface area contributed by atoms with Crippen molar-refractivity contribution in [3.63, 3.8) is 0 Å². The van der Waals surface area contributed by atoms with Gasteiger partial charge in [-0.2, -0.15) is 5.26 Å². The molecular weight excluding hydrogens is 290 g/mol. The molecule has 0 aromatic carbocycles. The van der Waals surface area contributed by atoms with Crippen LogP contribution in [0.25, 0.3) is 0 Å². The van der Waals surface area contributed by atoms with Gasteiger partial charge >= 0.3 is 0 Å². The standard InChI is InChI=1S/C18H23N3O2/c1-18(23)8-3-2-5-15(18)16-6-4-10-21(16)17(22)13-7-9-20-14(11-13)12-19/h7,9,11,15-16,23H,2-6,8,10H2,1H3/t15-,16+,18-/m0/s1. The Balaban J connectivity index is 1.83. The number of carbonyl (C=O) groups is 1. The number of pyridine rings is 1. The van der Waals surface area contributed by atoms with Crippen LogP contribution in [-0.2, 0) is 0 Å². The van der Waals surface area contributed by atoms with Gasteiger partial charge in [0.05, 0.1) is 5.60 Å². The predicted octanol–water partition coefficient (Wildman–Crippen LogP) is 2.50. The van der Waals surface area contributed by atoms with Crippen LogP contribution in [0.3, 0.4) is 0 Å². The minimum atomic E-state index is -0.693. The maximum Gasteiger partial charge on any atom is 0.254 e. The van der Waals surface area contributed by atoms with Gasteiger partial charge in [-0.05, 0) is 44.7 Å². The van der Waals surface area contributed by atoms with Crippen molar-refractivity contribution in [2.45, 2.75) is 57.1 Å². The van der Waals surface area contributed by atoms with Crippen molar-refractivity contribution in [1.29, 1.82) is 5.26 Å². The topological polar surface area (TPSA) is 77.2 Å². The normalized spacial score (nSPS) is 30.9. The van der Waals surface area contributed by atoms with E-state index in [-0.39, 0.29) is 23.6 Å². The summed E-state index contributed by atoms with van der Waals surface area (Å²) in [5.74, 6) is 0.0905. The van der Waals surface area contributed by atoms with Crippen molar-refractivity contribution in [1.82, 2.24) is 9.88 Å². The van der Waals surface area contributed by atoms with E-state index in [9.17, 15) is 9.90 Å². The first-order chi connectivity index (χ1) is 11.0. The van der Waals surface area contributed by atoms with Crippen LogP contribution in [0.15, 0.2) is 18.3 Å². The van der Waals surface area contributed by atoms with Gasteiger partial charge in [-0.25, -0.2) is 4.98 Å². The third kappa shape index (κ3) is 3.09. The van der Waals surface area contributed by atoms with E-state index in [0.717, 1.165) is 45.1 Å². The van der Waals surface area contributed by atoms with E-state index in [2.05, 4.69) is 4.98 Å². The average molecular weight is 313 g/mol. The molecular formula is C18H23N3O2. The first-order valence-electron chi connectivity index (χ1n) is 8.42. The second-order valence-electron chi connectivity index (χ2n) is 6.96. The maximum atomic E-state index is 12.9. The lowest BCUT2D eigenvalue weighted by atomic mass is 9.72. The number of likely N-dealkylation sites (tertiary alicyclic amines) is 1. The van der Waals surface area contributed by atoms with E-state index in [1.54, 1.807) is 12.1 Å². The molecule has 1 aromatic heterocycles. The van der Waals surface area contributed by atoms with Gasteiger partial charge < -0.3 is 10.0 Å². The first-order valence-corrected chi connectivity index (χ1v) is 8.42. The Kier molecular flexibility index (Phi) is 4.36. The van der Waals surface area contributed by atoms with Crippen molar-refractivity contribution in [2.75, 3.05) is 6.54 Å². The van der Waals surface area contributed by atoms with Gasteiger partial charge in [0.15, 0.2) is 0 Å². The molecule has 1 aliphatic carbocycles. The smallest absolute Gasteiger partial charge is 0.254 e. The lowest BCUT2D eigenvalue weighted by Crippen LogP contribution is -2.50. The Morgan fingerprint density at radius 3 is 3.00 bits per heavy atom. The Hall–Kier alpha value is -1.93. The van der Waals surface area contributed by atoms with Gasteiger partial charge in [0.25, 0.3) is 5.91 Å². The highest BCUT2D eigenvalue weighted by atomic mass is 16.3. The van der Waals surface area contributed by atoms with Crippen LogP contribution in [0.2, 0.25) is 0 Å². The van der Waals surface area contributed by atoms with Crippen LogP contribution >= 0.6 is 0 Å². The number of nitrogens with zero attached hydrogens (tertiary/aromatic N) is 3. The average Bonchev–Trinajstić information content (AvgIpc) is 3.03. The van der Waals surface area contributed by atoms with E-state index in [4.69, 9.17) is 5.26 Å². The summed E-state index contributed by atoms with van der Waals surface area (Å²) in [5.41, 5.74) is 0.0807. The van der Waals surface area contributed by atoms with Crippen molar-refractivity contribution in [3.8, 4) is 6.07 Å². The number of nitriles is 1. The molecule has 3 atom stereocenters. The summed E-state index contributed by atoms with van der Waals surface area (Å²) >= 11 is 0. The first kappa shape index (κ1) is 15.9. The molecule has 1 saturated carbocycles. The fourth-order valence-electron chi connectivity index (χ4n) is 4.20. The molecule has 5 heteroatoms. The minimum absolute atomic E-state index is 0.0484. The zero-order valence-electron chi connectivity index (χ0n) is 13.5. The van der Waals surface area contributed by atoms with Gasteiger partial charge in [-0.15, -0.1) is 0 Å². The SMILES string of the molecule is C[C@]1(O)CCCC[C@H]1[C@H]1CCCN1C(=O)c1ccnc(C#N)c1. The Bertz CT molecular complexity index is 635. The molecule has 0 bridgehead atoms. The lowest BCUT2D eigenvalue weighted by molar-refractivity contribution is -0.0577. The van der Waals surface area contributed by atoms with E-state index in [1.165, 1.54) is 6.20 Å². The second-order valence-corrected chi connectivity index (χ2v) is 6.96. The van der Waals surface area contributed by atoms with Crippen LogP contribution in [0.1, 0.15) is 61.5 Å². The molecule has 2 aliphatic rings. The summed E-state index contributed by atoms with van der Waals surface area (Å²) < 4.78 is 0. The Labute approximate surface area is 136 Å². The van der Waals surface area contributed by atoms with Gasteiger partial charge in [0, 0.05) is 30.3 Å². The molecule has 1 amide bonds. The molecule has 2 fully saturated rings. The van der Waals surface area contributed by atoms with Gasteiger partial charge in [0.2, 0.25) is 0 Å². The third-order valence-electron chi connectivity index (χ3n) is 5.39. The molecule has 5 nitrogen and oxygen atoms in total. The number of carbonyl (C=O) groups excluding carboxylic acids is 1. The van der Waals surface area contributed by atoms with Crippen LogP contribution in [-0.4, -0.2) is 39.1 Å². The van der Waals surface area contributed by atoms with E-state index in [0.29, 0.717) is 5.56 Å². The van der Waals surface area contributed by atoms with Crippen LogP contribution in [0, 0.1) is 17.2 Å². The van der Waals surface area contributed by atoms with Crippen LogP contribution in [0.5, 0.6) is 0 Å². The molecule has 2 heterocycles. The van der Waals surface area contributed by atoms with Crippen molar-refractivity contribution >= 4 is 5.91 Å². The van der Waals surface area contributed by atoms with Crippen LogP contribution in [0.4, 0.5) is 0 Å². The molecule has 0 radical (unpaired) electrons. The highest BCUT2D eigenvalue weighted by Crippen LogP contribution is 2.41. The molecule has 122 valence electrons. The number of aliphatic hydroxyl groups is 1. The summed E-state index contributed by atoms with van der Waals surface area (Å²) in [6.45, 7) is 2.64. The van der Waals surface area contributed by atoms with Gasteiger partial charge in [-0.1, -0.05) is 12.8 Å². The molecule has 1 N–H and O–H groups in total. The van der Waals surface area contributed by atoms with Crippen molar-refractivity contribution in [3.05, 3.63) is 29.6 Å². The Morgan fingerprint density at radius 1 is 1.43 bits per heavy atom. The number of hydrogen-bond acceptors (Lipinski definition) is 4. The predicted molar refractivity (Wildman–Crippen MR) is 85.6 cm³/mol. The number of amides is 1. The van der Waals surface area contributed by atoms with E-state index < -0.39 is 5.60 Å². The largest absolute Gasteiger partial charge is 0.390 e. The van der Waals surface area contributed by atoms with Gasteiger partial charge in [-0.3, -0.25) is 4.79 Å². The zero-order chi connectivity index (χ0) is 16.4. The highest BCUT2D eigenvalue weighted by molar-refractivity contribution is 5.94. The van der Waals surface area contributed by atoms with Crippen molar-refractivity contribution < 1.29 is 9.90 Å². The molecule has 0 spiro atoms. The number of rotatable bonds is 2. The summed E-state index contributed by atoms with van der Waals surface area (Å²) in [7, 11) is 0. The summed E-state index contributed by atoms with van der Waals surface area (Å²) in [5, 5.41) is 19.7. The number of aromatic nitrogens is 1. The second kappa shape index (κ2) is 6.29. The van der Waals surface area contributed by atoms with Gasteiger partial charge in [0.1, 0.15) is 11.8 Å². The lowest BCUT2D eigenvalue weighted by Gasteiger charge is -2.43. The molecule has 1 saturated heterocycles. The molecule has 0 unspecified atom stereocenters. The molecule has 1 aromatic rings. The fourth-order valence-corrected chi connectivity index (χ4v) is 4.20. The van der Waals surface area contributed by atoms with E-state index in [1.807, 2.05) is 17.9 Å². The monoisotopic (exact) mass is 313 g/mol. The van der Waals surface area contributed by atoms with Crippen molar-refractivity contribution in [2.24, 2.45) is 5.92 Å². The maximum absolute atomic E-state index is 12.9. The zero-order valence-corrected chi connectivity index (χ0v) is 13.5. The molecule has 1 aliphatic heterocycles.